The van der Waals surface area contributed by atoms with Gasteiger partial charge in [-0.1, -0.05) is 51.1 Å². The van der Waals surface area contributed by atoms with E-state index >= 15 is 0 Å². The van der Waals surface area contributed by atoms with Gasteiger partial charge in [0, 0.05) is 10.8 Å². The van der Waals surface area contributed by atoms with Crippen LogP contribution < -0.4 is 5.32 Å². The first kappa shape index (κ1) is 16.5. The largest absolute Gasteiger partial charge is 0.324 e. The summed E-state index contributed by atoms with van der Waals surface area (Å²) in [6, 6.07) is 9.99. The van der Waals surface area contributed by atoms with Gasteiger partial charge in [0.15, 0.2) is 0 Å². The highest BCUT2D eigenvalue weighted by Gasteiger charge is 2.28. The number of benzene rings is 2. The first-order valence-corrected chi connectivity index (χ1v) is 8.41. The van der Waals surface area contributed by atoms with Crippen LogP contribution in [0.3, 0.4) is 0 Å². The predicted octanol–water partition coefficient (Wildman–Crippen LogP) is 3.46. The van der Waals surface area contributed by atoms with Crippen LogP contribution in [-0.2, 0) is 14.9 Å². The molecule has 5 nitrogen and oxygen atoms in total. The van der Waals surface area contributed by atoms with Crippen molar-refractivity contribution in [1.29, 1.82) is 0 Å². The Labute approximate surface area is 130 Å². The molecule has 0 atom stereocenters. The molecule has 1 amide bonds. The molecule has 0 fully saturated rings. The normalized spacial score (nSPS) is 12.4. The second-order valence-electron chi connectivity index (χ2n) is 5.83. The maximum absolute atomic E-state index is 12.3. The summed E-state index contributed by atoms with van der Waals surface area (Å²) in [7, 11) is -4.47. The summed E-state index contributed by atoms with van der Waals surface area (Å²) in [6.45, 7) is 5.43. The molecular formula is C16H19NO4S. The highest BCUT2D eigenvalue weighted by atomic mass is 32.2. The van der Waals surface area contributed by atoms with Gasteiger partial charge in [-0.2, -0.15) is 8.42 Å². The van der Waals surface area contributed by atoms with E-state index in [1.165, 1.54) is 6.07 Å². The fourth-order valence-electron chi connectivity index (χ4n) is 2.07. The van der Waals surface area contributed by atoms with E-state index < -0.39 is 15.5 Å². The van der Waals surface area contributed by atoms with E-state index in [0.717, 1.165) is 0 Å². The number of carbonyl (C=O) groups excluding carboxylic acids is 1. The molecule has 0 aliphatic rings. The molecule has 2 N–H and O–H groups in total. The molecule has 2 aromatic carbocycles. The van der Waals surface area contributed by atoms with Gasteiger partial charge in [-0.3, -0.25) is 9.35 Å². The number of hydrogen-bond acceptors (Lipinski definition) is 3. The highest BCUT2D eigenvalue weighted by molar-refractivity contribution is 7.86. The number of carbonyl (C=O) groups is 1. The number of nitrogens with one attached hydrogen (secondary N) is 1. The maximum atomic E-state index is 12.3. The smallest absolute Gasteiger partial charge is 0.297 e. The molecule has 0 aliphatic heterocycles. The minimum atomic E-state index is -4.47. The van der Waals surface area contributed by atoms with Gasteiger partial charge < -0.3 is 5.32 Å². The van der Waals surface area contributed by atoms with Crippen molar-refractivity contribution in [1.82, 2.24) is 0 Å². The Hall–Kier alpha value is -1.92. The van der Waals surface area contributed by atoms with Crippen LogP contribution in [0.15, 0.2) is 41.3 Å². The van der Waals surface area contributed by atoms with Gasteiger partial charge >= 0.3 is 0 Å². The fraction of sp³-hybridized carbons (Fsp3) is 0.312. The van der Waals surface area contributed by atoms with Gasteiger partial charge in [0.1, 0.15) is 4.90 Å². The first-order valence-electron chi connectivity index (χ1n) is 6.97. The number of amides is 1. The summed E-state index contributed by atoms with van der Waals surface area (Å²) in [5.41, 5.74) is -0.546. The molecule has 6 heteroatoms. The SMILES string of the molecule is CCC(C)(C)C(=O)Nc1ccc2ccccc2c1S(=O)(=O)O. The molecule has 0 radical (unpaired) electrons. The van der Waals surface area contributed by atoms with Crippen molar-refractivity contribution in [2.24, 2.45) is 5.41 Å². The predicted molar refractivity (Wildman–Crippen MR) is 86.5 cm³/mol. The highest BCUT2D eigenvalue weighted by Crippen LogP contribution is 2.32. The van der Waals surface area contributed by atoms with Crippen LogP contribution in [0.2, 0.25) is 0 Å². The summed E-state index contributed by atoms with van der Waals surface area (Å²) in [6.07, 6.45) is 0.605. The van der Waals surface area contributed by atoms with Crippen LogP contribution in [0.1, 0.15) is 27.2 Å². The average Bonchev–Trinajstić information content (AvgIpc) is 2.45. The molecule has 22 heavy (non-hydrogen) atoms. The molecule has 0 bridgehead atoms. The van der Waals surface area contributed by atoms with E-state index in [0.29, 0.717) is 17.2 Å². The van der Waals surface area contributed by atoms with Crippen molar-refractivity contribution in [3.05, 3.63) is 36.4 Å². The molecule has 2 aromatic rings. The Morgan fingerprint density at radius 3 is 2.41 bits per heavy atom. The van der Waals surface area contributed by atoms with E-state index in [-0.39, 0.29) is 16.5 Å². The second-order valence-corrected chi connectivity index (χ2v) is 7.19. The number of anilines is 1. The van der Waals surface area contributed by atoms with E-state index in [4.69, 9.17) is 0 Å². The standard InChI is InChI=1S/C16H19NO4S/c1-4-16(2,3)15(18)17-13-10-9-11-7-5-6-8-12(11)14(13)22(19,20)21/h5-10H,4H2,1-3H3,(H,17,18)(H,19,20,21). The zero-order valence-electron chi connectivity index (χ0n) is 12.8. The van der Waals surface area contributed by atoms with Gasteiger partial charge in [-0.15, -0.1) is 0 Å². The summed E-state index contributed by atoms with van der Waals surface area (Å²) < 4.78 is 33.1. The number of rotatable bonds is 4. The van der Waals surface area contributed by atoms with Crippen molar-refractivity contribution in [3.63, 3.8) is 0 Å². The lowest BCUT2D eigenvalue weighted by Crippen LogP contribution is -2.30. The molecule has 0 spiro atoms. The molecule has 0 saturated carbocycles. The molecule has 0 heterocycles. The Morgan fingerprint density at radius 1 is 1.18 bits per heavy atom. The Balaban J connectivity index is 2.62. The quantitative estimate of drug-likeness (QED) is 0.845. The van der Waals surface area contributed by atoms with Crippen LogP contribution in [-0.4, -0.2) is 18.9 Å². The molecular weight excluding hydrogens is 302 g/mol. The summed E-state index contributed by atoms with van der Waals surface area (Å²) in [4.78, 5) is 12.0. The topological polar surface area (TPSA) is 83.5 Å². The van der Waals surface area contributed by atoms with Crippen molar-refractivity contribution < 1.29 is 17.8 Å². The van der Waals surface area contributed by atoms with Gasteiger partial charge in [0.05, 0.1) is 5.69 Å². The van der Waals surface area contributed by atoms with Crippen molar-refractivity contribution in [3.8, 4) is 0 Å². The lowest BCUT2D eigenvalue weighted by Gasteiger charge is -2.22. The lowest BCUT2D eigenvalue weighted by atomic mass is 9.89. The summed E-state index contributed by atoms with van der Waals surface area (Å²) in [5, 5.41) is 3.66. The van der Waals surface area contributed by atoms with Crippen molar-refractivity contribution in [2.75, 3.05) is 5.32 Å². The number of hydrogen-bond donors (Lipinski definition) is 2. The van der Waals surface area contributed by atoms with Crippen LogP contribution >= 0.6 is 0 Å². The van der Waals surface area contributed by atoms with Crippen LogP contribution in [0.5, 0.6) is 0 Å². The minimum absolute atomic E-state index is 0.0905. The Morgan fingerprint density at radius 2 is 1.82 bits per heavy atom. The molecule has 0 saturated heterocycles. The monoisotopic (exact) mass is 321 g/mol. The Kier molecular flexibility index (Phi) is 4.26. The zero-order valence-corrected chi connectivity index (χ0v) is 13.6. The third-order valence-corrected chi connectivity index (χ3v) is 4.84. The molecule has 118 valence electrons. The van der Waals surface area contributed by atoms with Crippen LogP contribution in [0, 0.1) is 5.41 Å². The first-order chi connectivity index (χ1) is 10.2. The van der Waals surface area contributed by atoms with Gasteiger partial charge in [0.2, 0.25) is 5.91 Å². The molecule has 0 aromatic heterocycles. The third-order valence-electron chi connectivity index (χ3n) is 3.88. The van der Waals surface area contributed by atoms with E-state index in [2.05, 4.69) is 5.32 Å². The van der Waals surface area contributed by atoms with E-state index in [1.807, 2.05) is 6.92 Å². The van der Waals surface area contributed by atoms with Crippen LogP contribution in [0.25, 0.3) is 10.8 Å². The summed E-state index contributed by atoms with van der Waals surface area (Å²) >= 11 is 0. The fourth-order valence-corrected chi connectivity index (χ4v) is 2.93. The summed E-state index contributed by atoms with van der Waals surface area (Å²) in [5.74, 6) is -0.296. The Bertz CT molecular complexity index is 825. The molecule has 2 rings (SSSR count). The van der Waals surface area contributed by atoms with Crippen molar-refractivity contribution in [2.45, 2.75) is 32.1 Å². The van der Waals surface area contributed by atoms with Crippen LogP contribution in [0.4, 0.5) is 5.69 Å². The minimum Gasteiger partial charge on any atom is -0.324 e. The van der Waals surface area contributed by atoms with Crippen molar-refractivity contribution >= 4 is 32.5 Å². The molecule has 0 aliphatic carbocycles. The third kappa shape index (κ3) is 3.13. The number of fused-ring (bicyclic) bond motifs is 1. The lowest BCUT2D eigenvalue weighted by molar-refractivity contribution is -0.124. The van der Waals surface area contributed by atoms with Gasteiger partial charge in [-0.05, 0) is 17.9 Å². The second kappa shape index (κ2) is 5.70. The maximum Gasteiger partial charge on any atom is 0.297 e. The zero-order chi connectivity index (χ0) is 16.5. The molecule has 0 unspecified atom stereocenters. The van der Waals surface area contributed by atoms with Gasteiger partial charge in [0.25, 0.3) is 10.1 Å². The average molecular weight is 321 g/mol. The van der Waals surface area contributed by atoms with E-state index in [9.17, 15) is 17.8 Å². The van der Waals surface area contributed by atoms with E-state index in [1.54, 1.807) is 44.2 Å². The van der Waals surface area contributed by atoms with Gasteiger partial charge in [-0.25, -0.2) is 0 Å².